The molecule has 0 aliphatic carbocycles. The van der Waals surface area contributed by atoms with E-state index in [1.807, 2.05) is 0 Å². The highest BCUT2D eigenvalue weighted by Gasteiger charge is 2.34. The lowest BCUT2D eigenvalue weighted by molar-refractivity contribution is 0.101. The maximum atomic E-state index is 13.5. The summed E-state index contributed by atoms with van der Waals surface area (Å²) in [6, 6.07) is 4.35. The Hall–Kier alpha value is -3.18. The van der Waals surface area contributed by atoms with Crippen molar-refractivity contribution in [2.45, 2.75) is 29.9 Å². The predicted molar refractivity (Wildman–Crippen MR) is 102 cm³/mol. The van der Waals surface area contributed by atoms with Crippen LogP contribution in [0.2, 0.25) is 0 Å². The molecule has 2 aromatic rings. The lowest BCUT2D eigenvalue weighted by atomic mass is 10.0. The molecule has 3 rings (SSSR count). The van der Waals surface area contributed by atoms with Gasteiger partial charge in [0.15, 0.2) is 0 Å². The van der Waals surface area contributed by atoms with Gasteiger partial charge in [-0.05, 0) is 31.0 Å². The number of benzene rings is 1. The molecule has 150 valence electrons. The Morgan fingerprint density at radius 3 is 2.90 bits per heavy atom. The third kappa shape index (κ3) is 3.87. The number of hydrogen-bond donors (Lipinski definition) is 3. The van der Waals surface area contributed by atoms with Crippen LogP contribution in [-0.2, 0) is 23.5 Å². The number of carbonyl (C=O) groups is 1. The van der Waals surface area contributed by atoms with Crippen LogP contribution < -0.4 is 10.0 Å². The van der Waals surface area contributed by atoms with Crippen LogP contribution in [0.15, 0.2) is 29.3 Å². The number of halogens is 1. The number of hydrogen-bond acceptors (Lipinski definition) is 5. The lowest BCUT2D eigenvalue weighted by Gasteiger charge is -2.17. The number of nitrogens with zero attached hydrogens (tertiary/aromatic N) is 2. The van der Waals surface area contributed by atoms with Crippen LogP contribution >= 0.6 is 0 Å². The predicted octanol–water partition coefficient (Wildman–Crippen LogP) is 0.875. The van der Waals surface area contributed by atoms with E-state index in [0.29, 0.717) is 0 Å². The van der Waals surface area contributed by atoms with Crippen molar-refractivity contribution >= 4 is 21.6 Å². The van der Waals surface area contributed by atoms with Crippen LogP contribution in [0.25, 0.3) is 0 Å². The summed E-state index contributed by atoms with van der Waals surface area (Å²) in [4.78, 5) is 12.8. The lowest BCUT2D eigenvalue weighted by Crippen LogP contribution is -2.41. The van der Waals surface area contributed by atoms with Crippen molar-refractivity contribution in [3.05, 3.63) is 47.0 Å². The molecule has 0 saturated carbocycles. The smallest absolute Gasteiger partial charge is 0.272 e. The molecular weight excluding hydrogens is 399 g/mol. The third-order valence-corrected chi connectivity index (χ3v) is 6.20. The summed E-state index contributed by atoms with van der Waals surface area (Å²) >= 11 is 0. The van der Waals surface area contributed by atoms with Crippen LogP contribution in [0, 0.1) is 29.5 Å². The summed E-state index contributed by atoms with van der Waals surface area (Å²) in [6.45, 7) is 0. The van der Waals surface area contributed by atoms with Gasteiger partial charge in [-0.3, -0.25) is 4.79 Å². The third-order valence-electron chi connectivity index (χ3n) is 4.66. The first kappa shape index (κ1) is 20.6. The van der Waals surface area contributed by atoms with E-state index < -0.39 is 33.9 Å². The quantitative estimate of drug-likeness (QED) is 0.641. The molecule has 29 heavy (non-hydrogen) atoms. The first-order valence-corrected chi connectivity index (χ1v) is 10.0. The van der Waals surface area contributed by atoms with Crippen molar-refractivity contribution in [1.29, 1.82) is 5.26 Å². The van der Waals surface area contributed by atoms with Crippen molar-refractivity contribution in [3.8, 4) is 18.4 Å². The molecule has 1 aromatic heterocycles. The Kier molecular flexibility index (Phi) is 5.44. The Morgan fingerprint density at radius 1 is 1.52 bits per heavy atom. The van der Waals surface area contributed by atoms with E-state index >= 15 is 0 Å². The zero-order valence-corrected chi connectivity index (χ0v) is 16.1. The monoisotopic (exact) mass is 416 g/mol. The van der Waals surface area contributed by atoms with Crippen molar-refractivity contribution in [2.24, 2.45) is 7.05 Å². The summed E-state index contributed by atoms with van der Waals surface area (Å²) < 4.78 is 42.6. The summed E-state index contributed by atoms with van der Waals surface area (Å²) in [7, 11) is -2.48. The van der Waals surface area contributed by atoms with Gasteiger partial charge in [0, 0.05) is 24.5 Å². The normalized spacial score (nSPS) is 18.6. The summed E-state index contributed by atoms with van der Waals surface area (Å²) in [5.41, 5.74) is 0.348. The average molecular weight is 416 g/mol. The van der Waals surface area contributed by atoms with Gasteiger partial charge in [-0.2, -0.15) is 5.26 Å². The molecule has 1 aromatic carbocycles. The van der Waals surface area contributed by atoms with Crippen LogP contribution in [0.5, 0.6) is 0 Å². The maximum absolute atomic E-state index is 13.5. The van der Waals surface area contributed by atoms with Gasteiger partial charge in [0.1, 0.15) is 28.6 Å². The van der Waals surface area contributed by atoms with Gasteiger partial charge >= 0.3 is 0 Å². The van der Waals surface area contributed by atoms with E-state index in [9.17, 15) is 22.7 Å². The molecule has 10 heteroatoms. The molecule has 1 aliphatic heterocycles. The second-order valence-corrected chi connectivity index (χ2v) is 8.25. The number of aliphatic hydroxyl groups is 1. The van der Waals surface area contributed by atoms with Crippen molar-refractivity contribution in [1.82, 2.24) is 9.29 Å². The Labute approximate surface area is 167 Å². The molecule has 2 atom stereocenters. The molecule has 1 aliphatic rings. The van der Waals surface area contributed by atoms with E-state index in [1.54, 1.807) is 6.07 Å². The molecule has 1 amide bonds. The fourth-order valence-electron chi connectivity index (χ4n) is 3.26. The molecule has 3 N–H and O–H groups in total. The second-order valence-electron chi connectivity index (χ2n) is 6.57. The molecule has 8 nitrogen and oxygen atoms in total. The minimum atomic E-state index is -4.01. The largest absolute Gasteiger partial charge is 0.379 e. The Bertz CT molecular complexity index is 1170. The molecule has 2 unspecified atom stereocenters. The van der Waals surface area contributed by atoms with Gasteiger partial charge in [-0.1, -0.05) is 5.92 Å². The molecule has 0 fully saturated rings. The number of aliphatic hydroxyl groups excluding tert-OH is 1. The molecule has 0 saturated heterocycles. The first-order valence-electron chi connectivity index (χ1n) is 8.53. The van der Waals surface area contributed by atoms with Crippen LogP contribution in [0.4, 0.5) is 10.1 Å². The minimum Gasteiger partial charge on any atom is -0.379 e. The fraction of sp³-hybridized carbons (Fsp3) is 0.263. The number of amides is 1. The highest BCUT2D eigenvalue weighted by Crippen LogP contribution is 2.28. The highest BCUT2D eigenvalue weighted by molar-refractivity contribution is 7.89. The summed E-state index contributed by atoms with van der Waals surface area (Å²) in [5, 5.41) is 21.3. The molecule has 0 bridgehead atoms. The summed E-state index contributed by atoms with van der Waals surface area (Å²) in [5.74, 6) is 0.773. The van der Waals surface area contributed by atoms with Crippen LogP contribution in [0.3, 0.4) is 0 Å². The number of aryl methyl sites for hydroxylation is 1. The van der Waals surface area contributed by atoms with Crippen molar-refractivity contribution in [2.75, 3.05) is 5.32 Å². The zero-order valence-electron chi connectivity index (χ0n) is 15.3. The van der Waals surface area contributed by atoms with E-state index in [1.165, 1.54) is 29.9 Å². The van der Waals surface area contributed by atoms with Crippen LogP contribution in [-0.4, -0.2) is 36.1 Å². The number of nitriles is 1. The van der Waals surface area contributed by atoms with Gasteiger partial charge < -0.3 is 15.0 Å². The van der Waals surface area contributed by atoms with E-state index in [0.717, 1.165) is 6.07 Å². The van der Waals surface area contributed by atoms with Gasteiger partial charge in [0.2, 0.25) is 10.0 Å². The SMILES string of the molecule is C#CC(O)C1CCc2c(cn(C)c2C(=O)Nc2ccc(F)c(C#N)c2)S(=O)(=O)N1. The number of nitrogens with one attached hydrogen (secondary N) is 2. The molecule has 0 spiro atoms. The van der Waals surface area contributed by atoms with Crippen LogP contribution in [0.1, 0.15) is 28.0 Å². The highest BCUT2D eigenvalue weighted by atomic mass is 32.2. The average Bonchev–Trinajstić information content (AvgIpc) is 2.96. The standard InChI is InChI=1S/C19H17FN4O4S/c1-3-16(25)15-7-5-13-17(29(27,28)23-15)10-24(2)18(13)19(26)22-12-4-6-14(20)11(8-12)9-21/h1,4,6,8,10,15-16,23,25H,5,7H2,2H3,(H,22,26). The summed E-state index contributed by atoms with van der Waals surface area (Å²) in [6.07, 6.45) is 5.57. The number of rotatable bonds is 3. The van der Waals surface area contributed by atoms with E-state index in [-0.39, 0.29) is 40.2 Å². The zero-order chi connectivity index (χ0) is 21.3. The number of aromatic nitrogens is 1. The van der Waals surface area contributed by atoms with Gasteiger partial charge in [-0.25, -0.2) is 17.5 Å². The molecule has 2 heterocycles. The Morgan fingerprint density at radius 2 is 2.24 bits per heavy atom. The van der Waals surface area contributed by atoms with E-state index in [2.05, 4.69) is 16.0 Å². The first-order chi connectivity index (χ1) is 13.7. The van der Waals surface area contributed by atoms with Gasteiger partial charge in [-0.15, -0.1) is 6.42 Å². The van der Waals surface area contributed by atoms with E-state index in [4.69, 9.17) is 11.7 Å². The number of carbonyl (C=O) groups excluding carboxylic acids is 1. The van der Waals surface area contributed by atoms with Gasteiger partial charge in [0.25, 0.3) is 5.91 Å². The number of terminal acetylenes is 1. The number of sulfonamides is 1. The number of anilines is 1. The molecular formula is C19H17FN4O4S. The topological polar surface area (TPSA) is 124 Å². The van der Waals surface area contributed by atoms with Crippen molar-refractivity contribution < 1.29 is 22.7 Å². The second kappa shape index (κ2) is 7.68. The number of fused-ring (bicyclic) bond motifs is 1. The maximum Gasteiger partial charge on any atom is 0.272 e. The molecule has 0 radical (unpaired) electrons. The van der Waals surface area contributed by atoms with Crippen molar-refractivity contribution in [3.63, 3.8) is 0 Å². The minimum absolute atomic E-state index is 0.0753. The van der Waals surface area contributed by atoms with Gasteiger partial charge in [0.05, 0.1) is 11.6 Å². The Balaban J connectivity index is 1.97. The fourth-order valence-corrected chi connectivity index (χ4v) is 4.85.